The number of hydrogen-bond donors (Lipinski definition) is 1. The maximum absolute atomic E-state index is 4.09. The van der Waals surface area contributed by atoms with E-state index in [9.17, 15) is 0 Å². The van der Waals surface area contributed by atoms with E-state index < -0.39 is 0 Å². The summed E-state index contributed by atoms with van der Waals surface area (Å²) in [5.74, 6) is 0. The first-order valence-electron chi connectivity index (χ1n) is 4.53. The molecule has 0 unspecified atom stereocenters. The average Bonchev–Trinajstić information content (AvgIpc) is 2.61. The van der Waals surface area contributed by atoms with Gasteiger partial charge < -0.3 is 5.32 Å². The van der Waals surface area contributed by atoms with Crippen molar-refractivity contribution >= 4 is 16.5 Å². The van der Waals surface area contributed by atoms with Crippen LogP contribution in [0.25, 0.3) is 0 Å². The van der Waals surface area contributed by atoms with E-state index in [2.05, 4.69) is 33.7 Å². The molecule has 1 aromatic heterocycles. The molecule has 4 nitrogen and oxygen atoms in total. The van der Waals surface area contributed by atoms with Crippen molar-refractivity contribution in [3.05, 3.63) is 5.69 Å². The summed E-state index contributed by atoms with van der Waals surface area (Å²) in [4.78, 5) is 2.32. The fourth-order valence-corrected chi connectivity index (χ4v) is 1.68. The standard InChI is InChI=1S/C8H16N4S/c1-4-12(5-2)6-7-8(9-3)13-11-10-7/h9H,4-6H2,1-3H3. The Bertz CT molecular complexity index is 244. The van der Waals surface area contributed by atoms with E-state index in [0.717, 1.165) is 30.3 Å². The summed E-state index contributed by atoms with van der Waals surface area (Å²) in [5.41, 5.74) is 1.05. The van der Waals surface area contributed by atoms with Crippen LogP contribution in [0, 0.1) is 0 Å². The van der Waals surface area contributed by atoms with Crippen LogP contribution in [0.4, 0.5) is 5.00 Å². The number of rotatable bonds is 5. The van der Waals surface area contributed by atoms with Crippen LogP contribution < -0.4 is 5.32 Å². The molecule has 13 heavy (non-hydrogen) atoms. The Morgan fingerprint density at radius 1 is 1.38 bits per heavy atom. The SMILES string of the molecule is CCN(CC)Cc1nnsc1NC. The van der Waals surface area contributed by atoms with Crippen LogP contribution in [0.5, 0.6) is 0 Å². The third-order valence-electron chi connectivity index (χ3n) is 2.05. The molecule has 1 rings (SSSR count). The molecule has 0 saturated heterocycles. The van der Waals surface area contributed by atoms with E-state index in [0.29, 0.717) is 0 Å². The summed E-state index contributed by atoms with van der Waals surface area (Å²) in [5, 5.41) is 8.26. The van der Waals surface area contributed by atoms with Gasteiger partial charge in [-0.25, -0.2) is 0 Å². The van der Waals surface area contributed by atoms with Gasteiger partial charge in [-0.2, -0.15) is 0 Å². The van der Waals surface area contributed by atoms with Gasteiger partial charge in [0, 0.05) is 25.1 Å². The topological polar surface area (TPSA) is 41.1 Å². The molecule has 0 fully saturated rings. The molecule has 0 aliphatic heterocycles. The van der Waals surface area contributed by atoms with Gasteiger partial charge >= 0.3 is 0 Å². The lowest BCUT2D eigenvalue weighted by Crippen LogP contribution is -2.22. The Morgan fingerprint density at radius 3 is 2.62 bits per heavy atom. The van der Waals surface area contributed by atoms with Crippen molar-refractivity contribution in [3.63, 3.8) is 0 Å². The van der Waals surface area contributed by atoms with Crippen LogP contribution in [0.15, 0.2) is 0 Å². The molecule has 0 radical (unpaired) electrons. The third-order valence-corrected chi connectivity index (χ3v) is 2.84. The Balaban J connectivity index is 2.61. The van der Waals surface area contributed by atoms with Crippen molar-refractivity contribution in [2.24, 2.45) is 0 Å². The summed E-state index contributed by atoms with van der Waals surface area (Å²) in [6.45, 7) is 7.30. The molecule has 1 N–H and O–H groups in total. The van der Waals surface area contributed by atoms with Gasteiger partial charge in [-0.15, -0.1) is 5.10 Å². The van der Waals surface area contributed by atoms with Crippen molar-refractivity contribution < 1.29 is 0 Å². The second kappa shape index (κ2) is 5.14. The Kier molecular flexibility index (Phi) is 4.11. The Hall–Kier alpha value is -0.680. The summed E-state index contributed by atoms with van der Waals surface area (Å²) in [7, 11) is 1.90. The molecule has 0 bridgehead atoms. The van der Waals surface area contributed by atoms with Crippen molar-refractivity contribution in [1.82, 2.24) is 14.5 Å². The number of hydrogen-bond acceptors (Lipinski definition) is 5. The molecule has 0 amide bonds. The van der Waals surface area contributed by atoms with Crippen LogP contribution in [-0.2, 0) is 6.54 Å². The molecule has 0 atom stereocenters. The van der Waals surface area contributed by atoms with Crippen molar-refractivity contribution in [2.75, 3.05) is 25.5 Å². The predicted octanol–water partition coefficient (Wildman–Crippen LogP) is 1.42. The predicted molar refractivity (Wildman–Crippen MR) is 56.1 cm³/mol. The lowest BCUT2D eigenvalue weighted by Gasteiger charge is -2.16. The molecule has 0 aromatic carbocycles. The van der Waals surface area contributed by atoms with Gasteiger partial charge in [0.05, 0.1) is 0 Å². The minimum Gasteiger partial charge on any atom is -0.377 e. The monoisotopic (exact) mass is 200 g/mol. The van der Waals surface area contributed by atoms with E-state index in [1.807, 2.05) is 7.05 Å². The fraction of sp³-hybridized carbons (Fsp3) is 0.750. The van der Waals surface area contributed by atoms with Crippen LogP contribution in [0.3, 0.4) is 0 Å². The first-order chi connectivity index (χ1) is 6.31. The Labute approximate surface area is 83.1 Å². The number of nitrogens with zero attached hydrogens (tertiary/aromatic N) is 3. The van der Waals surface area contributed by atoms with Crippen LogP contribution in [-0.4, -0.2) is 34.6 Å². The van der Waals surface area contributed by atoms with Gasteiger partial charge in [0.1, 0.15) is 10.7 Å². The smallest absolute Gasteiger partial charge is 0.134 e. The molecule has 0 saturated carbocycles. The molecule has 1 aromatic rings. The number of anilines is 1. The van der Waals surface area contributed by atoms with Crippen LogP contribution in [0.1, 0.15) is 19.5 Å². The number of nitrogens with one attached hydrogen (secondary N) is 1. The second-order valence-electron chi connectivity index (χ2n) is 2.76. The van der Waals surface area contributed by atoms with Gasteiger partial charge in [0.25, 0.3) is 0 Å². The highest BCUT2D eigenvalue weighted by molar-refractivity contribution is 7.10. The quantitative estimate of drug-likeness (QED) is 0.780. The second-order valence-corrected chi connectivity index (χ2v) is 3.51. The molecule has 0 spiro atoms. The molecular weight excluding hydrogens is 184 g/mol. The zero-order valence-electron chi connectivity index (χ0n) is 8.37. The highest BCUT2D eigenvalue weighted by atomic mass is 32.1. The minimum atomic E-state index is 0.889. The first-order valence-corrected chi connectivity index (χ1v) is 5.30. The molecule has 1 heterocycles. The van der Waals surface area contributed by atoms with Gasteiger partial charge in [0.2, 0.25) is 0 Å². The number of aromatic nitrogens is 2. The molecule has 0 aliphatic carbocycles. The lowest BCUT2D eigenvalue weighted by molar-refractivity contribution is 0.292. The Morgan fingerprint density at radius 2 is 2.08 bits per heavy atom. The highest BCUT2D eigenvalue weighted by Crippen LogP contribution is 2.17. The van der Waals surface area contributed by atoms with Gasteiger partial charge in [-0.3, -0.25) is 4.90 Å². The maximum atomic E-state index is 4.09. The normalized spacial score (nSPS) is 10.8. The zero-order chi connectivity index (χ0) is 9.68. The van der Waals surface area contributed by atoms with Gasteiger partial charge in [-0.1, -0.05) is 18.3 Å². The first kappa shape index (κ1) is 10.4. The largest absolute Gasteiger partial charge is 0.377 e. The molecule has 74 valence electrons. The molecular formula is C8H16N4S. The lowest BCUT2D eigenvalue weighted by atomic mass is 10.4. The van der Waals surface area contributed by atoms with E-state index in [4.69, 9.17) is 0 Å². The molecule has 5 heteroatoms. The fourth-order valence-electron chi connectivity index (χ4n) is 1.16. The van der Waals surface area contributed by atoms with Gasteiger partial charge in [0.15, 0.2) is 0 Å². The van der Waals surface area contributed by atoms with Crippen molar-refractivity contribution in [1.29, 1.82) is 0 Å². The molecule has 0 aliphatic rings. The minimum absolute atomic E-state index is 0.889. The van der Waals surface area contributed by atoms with E-state index >= 15 is 0 Å². The maximum Gasteiger partial charge on any atom is 0.134 e. The van der Waals surface area contributed by atoms with Crippen molar-refractivity contribution in [3.8, 4) is 0 Å². The van der Waals surface area contributed by atoms with E-state index in [1.165, 1.54) is 11.5 Å². The zero-order valence-corrected chi connectivity index (χ0v) is 9.19. The van der Waals surface area contributed by atoms with E-state index in [-0.39, 0.29) is 0 Å². The summed E-state index contributed by atoms with van der Waals surface area (Å²) in [6.07, 6.45) is 0. The summed E-state index contributed by atoms with van der Waals surface area (Å²) >= 11 is 1.41. The van der Waals surface area contributed by atoms with Gasteiger partial charge in [-0.05, 0) is 13.1 Å². The summed E-state index contributed by atoms with van der Waals surface area (Å²) < 4.78 is 3.92. The van der Waals surface area contributed by atoms with Crippen LogP contribution in [0.2, 0.25) is 0 Å². The highest BCUT2D eigenvalue weighted by Gasteiger charge is 2.09. The summed E-state index contributed by atoms with van der Waals surface area (Å²) in [6, 6.07) is 0. The van der Waals surface area contributed by atoms with E-state index in [1.54, 1.807) is 0 Å². The van der Waals surface area contributed by atoms with Crippen molar-refractivity contribution in [2.45, 2.75) is 20.4 Å². The van der Waals surface area contributed by atoms with Crippen LogP contribution >= 0.6 is 11.5 Å². The third kappa shape index (κ3) is 2.63. The average molecular weight is 200 g/mol.